The van der Waals surface area contributed by atoms with Crippen LogP contribution in [0.15, 0.2) is 24.3 Å². The van der Waals surface area contributed by atoms with Crippen LogP contribution in [0.1, 0.15) is 57.2 Å². The first-order valence-corrected chi connectivity index (χ1v) is 5.99. The van der Waals surface area contributed by atoms with Gasteiger partial charge in [-0.05, 0) is 17.9 Å². The van der Waals surface area contributed by atoms with E-state index in [4.69, 9.17) is 0 Å². The zero-order valence-electron chi connectivity index (χ0n) is 10.5. The molecular weight excluding hydrogens is 182 g/mol. The topological polar surface area (TPSA) is 27.6 Å². The fraction of sp³-hybridized carbons (Fsp3) is 0.571. The lowest BCUT2D eigenvalue weighted by atomic mass is 9.93. The van der Waals surface area contributed by atoms with Crippen LogP contribution >= 0.6 is 0 Å². The third-order valence-electron chi connectivity index (χ3n) is 3.35. The molecule has 0 spiro atoms. The van der Waals surface area contributed by atoms with E-state index in [1.54, 1.807) is 0 Å². The first-order chi connectivity index (χ1) is 7.06. The van der Waals surface area contributed by atoms with Gasteiger partial charge in [0.05, 0.1) is 0 Å². The molecule has 1 aromatic rings. The van der Waals surface area contributed by atoms with Gasteiger partial charge >= 0.3 is 0 Å². The second-order valence-corrected chi connectivity index (χ2v) is 4.83. The summed E-state index contributed by atoms with van der Waals surface area (Å²) < 4.78 is 0. The van der Waals surface area contributed by atoms with Crippen molar-refractivity contribution in [2.24, 2.45) is 5.92 Å². The van der Waals surface area contributed by atoms with Crippen molar-refractivity contribution in [3.63, 3.8) is 0 Å². The summed E-state index contributed by atoms with van der Waals surface area (Å²) in [5, 5.41) is 0. The maximum Gasteiger partial charge on any atom is 0.112 e. The van der Waals surface area contributed by atoms with Gasteiger partial charge in [-0.1, -0.05) is 52.0 Å². The molecule has 84 valence electrons. The summed E-state index contributed by atoms with van der Waals surface area (Å²) in [6.45, 7) is 8.95. The summed E-state index contributed by atoms with van der Waals surface area (Å²) in [6.07, 6.45) is 1.21. The van der Waals surface area contributed by atoms with Gasteiger partial charge in [-0.3, -0.25) is 0 Å². The summed E-state index contributed by atoms with van der Waals surface area (Å²) in [7, 11) is 0. The fourth-order valence-electron chi connectivity index (χ4n) is 1.69. The predicted octanol–water partition coefficient (Wildman–Crippen LogP) is 3.14. The molecule has 2 atom stereocenters. The van der Waals surface area contributed by atoms with E-state index in [2.05, 4.69) is 57.7 Å². The molecule has 0 saturated carbocycles. The fourth-order valence-corrected chi connectivity index (χ4v) is 1.69. The van der Waals surface area contributed by atoms with Gasteiger partial charge in [-0.2, -0.15) is 0 Å². The monoisotopic (exact) mass is 206 g/mol. The van der Waals surface area contributed by atoms with Gasteiger partial charge in [0.15, 0.2) is 0 Å². The molecule has 0 saturated heterocycles. The van der Waals surface area contributed by atoms with Crippen molar-refractivity contribution >= 4 is 0 Å². The Morgan fingerprint density at radius 3 is 1.87 bits per heavy atom. The summed E-state index contributed by atoms with van der Waals surface area (Å²) in [6, 6.07) is 9.39. The Hall–Kier alpha value is -0.820. The summed E-state index contributed by atoms with van der Waals surface area (Å²) >= 11 is 0. The SMILES string of the molecule is CC[C@@H](C)c1ccc([C@H]([NH3+])C(C)C)cc1. The molecule has 0 aliphatic rings. The molecule has 1 heteroatoms. The Balaban J connectivity index is 2.80. The minimum absolute atomic E-state index is 0.413. The van der Waals surface area contributed by atoms with Gasteiger partial charge in [-0.15, -0.1) is 0 Å². The molecule has 0 unspecified atom stereocenters. The lowest BCUT2D eigenvalue weighted by molar-refractivity contribution is -0.438. The largest absolute Gasteiger partial charge is 0.351 e. The molecular formula is C14H24N+. The van der Waals surface area contributed by atoms with E-state index in [0.29, 0.717) is 17.9 Å². The van der Waals surface area contributed by atoms with Crippen LogP contribution in [-0.4, -0.2) is 0 Å². The molecule has 1 rings (SSSR count). The number of benzene rings is 1. The van der Waals surface area contributed by atoms with Crippen molar-refractivity contribution in [2.75, 3.05) is 0 Å². The summed E-state index contributed by atoms with van der Waals surface area (Å²) in [4.78, 5) is 0. The molecule has 3 N–H and O–H groups in total. The average molecular weight is 206 g/mol. The van der Waals surface area contributed by atoms with Gasteiger partial charge < -0.3 is 5.73 Å². The number of hydrogen-bond acceptors (Lipinski definition) is 0. The maximum absolute atomic E-state index is 4.20. The van der Waals surface area contributed by atoms with Crippen molar-refractivity contribution in [3.05, 3.63) is 35.4 Å². The van der Waals surface area contributed by atoms with Crippen molar-refractivity contribution < 1.29 is 5.73 Å². The molecule has 0 aliphatic carbocycles. The highest BCUT2D eigenvalue weighted by molar-refractivity contribution is 5.26. The normalized spacial score (nSPS) is 15.3. The zero-order valence-corrected chi connectivity index (χ0v) is 10.5. The molecule has 0 heterocycles. The van der Waals surface area contributed by atoms with Crippen molar-refractivity contribution in [2.45, 2.75) is 46.1 Å². The van der Waals surface area contributed by atoms with E-state index in [-0.39, 0.29) is 0 Å². The second-order valence-electron chi connectivity index (χ2n) is 4.83. The Labute approximate surface area is 93.7 Å². The van der Waals surface area contributed by atoms with Crippen molar-refractivity contribution in [1.82, 2.24) is 0 Å². The number of quaternary nitrogens is 1. The van der Waals surface area contributed by atoms with Crippen LogP contribution in [0.2, 0.25) is 0 Å². The Morgan fingerprint density at radius 2 is 1.47 bits per heavy atom. The Bertz CT molecular complexity index is 287. The Morgan fingerprint density at radius 1 is 1.00 bits per heavy atom. The van der Waals surface area contributed by atoms with Crippen molar-refractivity contribution in [3.8, 4) is 0 Å². The van der Waals surface area contributed by atoms with E-state index >= 15 is 0 Å². The highest BCUT2D eigenvalue weighted by atomic mass is 14.6. The van der Waals surface area contributed by atoms with Crippen LogP contribution in [0.5, 0.6) is 0 Å². The molecule has 0 aromatic heterocycles. The van der Waals surface area contributed by atoms with Gasteiger partial charge in [0.25, 0.3) is 0 Å². The molecule has 0 radical (unpaired) electrons. The van der Waals surface area contributed by atoms with E-state index < -0.39 is 0 Å². The molecule has 0 amide bonds. The third-order valence-corrected chi connectivity index (χ3v) is 3.35. The van der Waals surface area contributed by atoms with Gasteiger partial charge in [0.1, 0.15) is 6.04 Å². The van der Waals surface area contributed by atoms with Gasteiger partial charge in [-0.25, -0.2) is 0 Å². The molecule has 0 aliphatic heterocycles. The van der Waals surface area contributed by atoms with Crippen molar-refractivity contribution in [1.29, 1.82) is 0 Å². The summed E-state index contributed by atoms with van der Waals surface area (Å²) in [5.74, 6) is 1.28. The van der Waals surface area contributed by atoms with Crippen LogP contribution in [0.3, 0.4) is 0 Å². The second kappa shape index (κ2) is 5.32. The van der Waals surface area contributed by atoms with Crippen LogP contribution in [0.4, 0.5) is 0 Å². The smallest absolute Gasteiger partial charge is 0.112 e. The number of hydrogen-bond donors (Lipinski definition) is 1. The van der Waals surface area contributed by atoms with Gasteiger partial charge in [0.2, 0.25) is 0 Å². The van der Waals surface area contributed by atoms with E-state index in [1.807, 2.05) is 0 Å². The first-order valence-electron chi connectivity index (χ1n) is 5.99. The quantitative estimate of drug-likeness (QED) is 0.784. The van der Waals surface area contributed by atoms with E-state index in [1.165, 1.54) is 17.5 Å². The van der Waals surface area contributed by atoms with E-state index in [0.717, 1.165) is 0 Å². The maximum atomic E-state index is 4.20. The lowest BCUT2D eigenvalue weighted by Crippen LogP contribution is -2.55. The van der Waals surface area contributed by atoms with Crippen LogP contribution < -0.4 is 5.73 Å². The molecule has 15 heavy (non-hydrogen) atoms. The minimum Gasteiger partial charge on any atom is -0.351 e. The Kier molecular flexibility index (Phi) is 4.34. The highest BCUT2D eigenvalue weighted by Gasteiger charge is 2.14. The highest BCUT2D eigenvalue weighted by Crippen LogP contribution is 2.22. The molecule has 0 bridgehead atoms. The predicted molar refractivity (Wildman–Crippen MR) is 65.6 cm³/mol. The molecule has 0 fully saturated rings. The molecule has 1 nitrogen and oxygen atoms in total. The third kappa shape index (κ3) is 3.07. The lowest BCUT2D eigenvalue weighted by Gasteiger charge is -2.14. The van der Waals surface area contributed by atoms with Crippen LogP contribution in [0, 0.1) is 5.92 Å². The first kappa shape index (κ1) is 12.3. The van der Waals surface area contributed by atoms with Crippen LogP contribution in [0.25, 0.3) is 0 Å². The summed E-state index contributed by atoms with van der Waals surface area (Å²) in [5.41, 5.74) is 7.00. The van der Waals surface area contributed by atoms with E-state index in [9.17, 15) is 0 Å². The zero-order chi connectivity index (χ0) is 11.4. The van der Waals surface area contributed by atoms with Gasteiger partial charge in [0, 0.05) is 11.5 Å². The average Bonchev–Trinajstić information content (AvgIpc) is 2.27. The standard InChI is InChI=1S/C14H23N/c1-5-11(4)12-6-8-13(9-7-12)14(15)10(2)3/h6-11,14H,5,15H2,1-4H3/p+1/t11-,14-/m1/s1. The minimum atomic E-state index is 0.413. The number of rotatable bonds is 4. The van der Waals surface area contributed by atoms with Crippen LogP contribution in [-0.2, 0) is 0 Å². The molecule has 1 aromatic carbocycles.